The molecule has 0 saturated heterocycles. The molecule has 0 bridgehead atoms. The minimum atomic E-state index is -0.368. The molecule has 2 heterocycles. The minimum absolute atomic E-state index is 0.368. The summed E-state index contributed by atoms with van der Waals surface area (Å²) in [5.41, 5.74) is 3.98. The van der Waals surface area contributed by atoms with Crippen molar-refractivity contribution in [3.63, 3.8) is 0 Å². The Morgan fingerprint density at radius 3 is 2.59 bits per heavy atom. The summed E-state index contributed by atoms with van der Waals surface area (Å²) in [5.74, 6) is 0.751. The van der Waals surface area contributed by atoms with Crippen molar-refractivity contribution >= 4 is 22.6 Å². The van der Waals surface area contributed by atoms with E-state index >= 15 is 0 Å². The van der Waals surface area contributed by atoms with Gasteiger partial charge in [0.2, 0.25) is 0 Å². The van der Waals surface area contributed by atoms with E-state index in [0.29, 0.717) is 25.4 Å². The number of hydrogen-bond donors (Lipinski definition) is 0. The molecule has 29 heavy (non-hydrogen) atoms. The normalized spacial score (nSPS) is 13.8. The van der Waals surface area contributed by atoms with E-state index in [1.165, 1.54) is 0 Å². The third kappa shape index (κ3) is 3.41. The molecule has 0 spiro atoms. The van der Waals surface area contributed by atoms with E-state index in [0.717, 1.165) is 38.4 Å². The first-order chi connectivity index (χ1) is 14.2. The van der Waals surface area contributed by atoms with Crippen LogP contribution in [0.15, 0.2) is 82.0 Å². The van der Waals surface area contributed by atoms with E-state index in [9.17, 15) is 4.79 Å². The number of ether oxygens (including phenoxy) is 1. The van der Waals surface area contributed by atoms with Gasteiger partial charge in [-0.05, 0) is 34.9 Å². The second-order valence-electron chi connectivity index (χ2n) is 7.12. The molecule has 0 saturated carbocycles. The molecule has 4 nitrogen and oxygen atoms in total. The van der Waals surface area contributed by atoms with Gasteiger partial charge in [-0.1, -0.05) is 60.1 Å². The second-order valence-corrected chi connectivity index (χ2v) is 7.52. The fourth-order valence-electron chi connectivity index (χ4n) is 3.80. The zero-order valence-corrected chi connectivity index (χ0v) is 16.4. The van der Waals surface area contributed by atoms with Crippen molar-refractivity contribution in [2.75, 3.05) is 6.73 Å². The Balaban J connectivity index is 1.58. The minimum Gasteiger partial charge on any atom is -0.478 e. The van der Waals surface area contributed by atoms with E-state index in [2.05, 4.69) is 4.90 Å². The van der Waals surface area contributed by atoms with Gasteiger partial charge in [-0.25, -0.2) is 4.79 Å². The highest BCUT2D eigenvalue weighted by Crippen LogP contribution is 2.36. The molecule has 0 N–H and O–H groups in total. The van der Waals surface area contributed by atoms with Gasteiger partial charge in [-0.3, -0.25) is 4.90 Å². The van der Waals surface area contributed by atoms with Crippen LogP contribution in [0.1, 0.15) is 11.1 Å². The lowest BCUT2D eigenvalue weighted by molar-refractivity contribution is 0.0890. The lowest BCUT2D eigenvalue weighted by Crippen LogP contribution is -2.31. The Hall–Kier alpha value is -3.08. The van der Waals surface area contributed by atoms with Crippen molar-refractivity contribution in [1.82, 2.24) is 4.90 Å². The number of benzene rings is 3. The van der Waals surface area contributed by atoms with Crippen LogP contribution >= 0.6 is 11.6 Å². The van der Waals surface area contributed by atoms with Gasteiger partial charge in [0.05, 0.1) is 5.56 Å². The summed E-state index contributed by atoms with van der Waals surface area (Å²) in [6.07, 6.45) is 0. The van der Waals surface area contributed by atoms with Gasteiger partial charge in [-0.15, -0.1) is 0 Å². The fourth-order valence-corrected chi connectivity index (χ4v) is 4.00. The highest BCUT2D eigenvalue weighted by molar-refractivity contribution is 6.31. The molecular weight excluding hydrogens is 386 g/mol. The molecular formula is C24H18ClNO3. The van der Waals surface area contributed by atoms with Crippen LogP contribution < -0.4 is 10.4 Å². The molecule has 0 unspecified atom stereocenters. The Morgan fingerprint density at radius 1 is 0.966 bits per heavy atom. The maximum atomic E-state index is 12.3. The van der Waals surface area contributed by atoms with E-state index in [-0.39, 0.29) is 5.63 Å². The second kappa shape index (κ2) is 7.39. The molecule has 5 heteroatoms. The van der Waals surface area contributed by atoms with Crippen molar-refractivity contribution < 1.29 is 9.15 Å². The average Bonchev–Trinajstić information content (AvgIpc) is 2.75. The van der Waals surface area contributed by atoms with Crippen LogP contribution in [-0.2, 0) is 13.1 Å². The van der Waals surface area contributed by atoms with E-state index in [1.807, 2.05) is 66.7 Å². The lowest BCUT2D eigenvalue weighted by atomic mass is 9.99. The predicted molar refractivity (Wildman–Crippen MR) is 114 cm³/mol. The topological polar surface area (TPSA) is 42.7 Å². The smallest absolute Gasteiger partial charge is 0.336 e. The van der Waals surface area contributed by atoms with E-state index < -0.39 is 0 Å². The lowest BCUT2D eigenvalue weighted by Gasteiger charge is -2.29. The Bertz CT molecular complexity index is 1250. The first kappa shape index (κ1) is 18.0. The Kier molecular flexibility index (Phi) is 4.58. The van der Waals surface area contributed by atoms with Gasteiger partial charge < -0.3 is 9.15 Å². The van der Waals surface area contributed by atoms with Gasteiger partial charge in [0, 0.05) is 29.6 Å². The molecule has 144 valence electrons. The molecule has 5 rings (SSSR count). The molecule has 1 aliphatic rings. The first-order valence-electron chi connectivity index (χ1n) is 9.43. The monoisotopic (exact) mass is 403 g/mol. The van der Waals surface area contributed by atoms with Crippen LogP contribution in [0.25, 0.3) is 22.1 Å². The van der Waals surface area contributed by atoms with Crippen LogP contribution in [-0.4, -0.2) is 11.6 Å². The Morgan fingerprint density at radius 2 is 1.76 bits per heavy atom. The summed E-state index contributed by atoms with van der Waals surface area (Å²) < 4.78 is 11.6. The quantitative estimate of drug-likeness (QED) is 0.426. The van der Waals surface area contributed by atoms with E-state index in [1.54, 1.807) is 6.07 Å². The highest BCUT2D eigenvalue weighted by atomic mass is 35.5. The first-order valence-corrected chi connectivity index (χ1v) is 9.80. The zero-order chi connectivity index (χ0) is 19.8. The molecule has 1 aliphatic heterocycles. The van der Waals surface area contributed by atoms with Crippen LogP contribution in [0.5, 0.6) is 5.75 Å². The molecule has 3 aromatic carbocycles. The summed E-state index contributed by atoms with van der Waals surface area (Å²) >= 11 is 6.32. The van der Waals surface area contributed by atoms with Crippen molar-refractivity contribution in [2.24, 2.45) is 0 Å². The summed E-state index contributed by atoms with van der Waals surface area (Å²) in [5, 5.41) is 1.63. The SMILES string of the molecule is O=c1cc(-c2ccccc2)c2ccc3c(c2o1)CN(Cc1ccccc1Cl)CO3. The molecule has 0 amide bonds. The average molecular weight is 404 g/mol. The summed E-state index contributed by atoms with van der Waals surface area (Å²) in [4.78, 5) is 14.5. The maximum absolute atomic E-state index is 12.3. The molecule has 0 radical (unpaired) electrons. The Labute approximate surface area is 172 Å². The molecule has 0 fully saturated rings. The van der Waals surface area contributed by atoms with Crippen molar-refractivity contribution in [3.05, 3.63) is 99.4 Å². The van der Waals surface area contributed by atoms with Crippen molar-refractivity contribution in [1.29, 1.82) is 0 Å². The van der Waals surface area contributed by atoms with Gasteiger partial charge in [0.15, 0.2) is 0 Å². The number of rotatable bonds is 3. The number of nitrogens with zero attached hydrogens (tertiary/aromatic N) is 1. The standard InChI is InChI=1S/C24H18ClNO3/c25-21-9-5-4-8-17(21)13-26-14-20-22(28-15-26)11-10-18-19(12-23(27)29-24(18)20)16-6-2-1-3-7-16/h1-12H,13-15H2. The fraction of sp³-hybridized carbons (Fsp3) is 0.125. The van der Waals surface area contributed by atoms with Gasteiger partial charge >= 0.3 is 5.63 Å². The molecule has 1 aromatic heterocycles. The number of halogens is 1. The molecule has 0 aliphatic carbocycles. The number of hydrogen-bond acceptors (Lipinski definition) is 4. The van der Waals surface area contributed by atoms with Crippen LogP contribution in [0.4, 0.5) is 0 Å². The maximum Gasteiger partial charge on any atom is 0.336 e. The largest absolute Gasteiger partial charge is 0.478 e. The number of fused-ring (bicyclic) bond motifs is 3. The van der Waals surface area contributed by atoms with Crippen LogP contribution in [0.3, 0.4) is 0 Å². The van der Waals surface area contributed by atoms with Crippen LogP contribution in [0, 0.1) is 0 Å². The predicted octanol–water partition coefficient (Wildman–Crippen LogP) is 5.47. The third-order valence-corrected chi connectivity index (χ3v) is 5.56. The highest BCUT2D eigenvalue weighted by Gasteiger charge is 2.23. The summed E-state index contributed by atoms with van der Waals surface area (Å²) in [7, 11) is 0. The van der Waals surface area contributed by atoms with Gasteiger partial charge in [0.1, 0.15) is 18.1 Å². The summed E-state index contributed by atoms with van der Waals surface area (Å²) in [6, 6.07) is 23.1. The summed E-state index contributed by atoms with van der Waals surface area (Å²) in [6.45, 7) is 1.71. The zero-order valence-electron chi connectivity index (χ0n) is 15.6. The van der Waals surface area contributed by atoms with Crippen molar-refractivity contribution in [3.8, 4) is 16.9 Å². The van der Waals surface area contributed by atoms with Crippen LogP contribution in [0.2, 0.25) is 5.02 Å². The van der Waals surface area contributed by atoms with Gasteiger partial charge in [0.25, 0.3) is 0 Å². The third-order valence-electron chi connectivity index (χ3n) is 5.19. The van der Waals surface area contributed by atoms with E-state index in [4.69, 9.17) is 20.8 Å². The molecule has 4 aromatic rings. The van der Waals surface area contributed by atoms with Gasteiger partial charge in [-0.2, -0.15) is 0 Å². The van der Waals surface area contributed by atoms with Crippen molar-refractivity contribution in [2.45, 2.75) is 13.1 Å². The molecule has 0 atom stereocenters.